The number of hydrazine groups is 1. The van der Waals surface area contributed by atoms with Crippen LogP contribution in [0.1, 0.15) is 21.3 Å². The summed E-state index contributed by atoms with van der Waals surface area (Å²) < 4.78 is 0. The van der Waals surface area contributed by atoms with Gasteiger partial charge in [0.25, 0.3) is 5.91 Å². The second-order valence-electron chi connectivity index (χ2n) is 3.82. The molecule has 2 aromatic rings. The predicted octanol–water partition coefficient (Wildman–Crippen LogP) is 1.21. The minimum atomic E-state index is -0.759. The molecule has 0 unspecified atom stereocenters. The van der Waals surface area contributed by atoms with Gasteiger partial charge in [-0.15, -0.1) is 11.3 Å². The number of thiophene rings is 1. The first-order valence-electron chi connectivity index (χ1n) is 5.62. The molecule has 0 aliphatic carbocycles. The van der Waals surface area contributed by atoms with Gasteiger partial charge in [-0.05, 0) is 17.0 Å². The Hall–Kier alpha value is -2.18. The summed E-state index contributed by atoms with van der Waals surface area (Å²) in [4.78, 5) is 23.7. The van der Waals surface area contributed by atoms with Crippen LogP contribution in [0.5, 0.6) is 0 Å². The van der Waals surface area contributed by atoms with Crippen molar-refractivity contribution in [1.29, 1.82) is 0 Å². The van der Waals surface area contributed by atoms with Gasteiger partial charge in [0, 0.05) is 0 Å². The van der Waals surface area contributed by atoms with Gasteiger partial charge >= 0.3 is 0 Å². The van der Waals surface area contributed by atoms with E-state index in [1.165, 1.54) is 11.3 Å². The highest BCUT2D eigenvalue weighted by atomic mass is 32.1. The van der Waals surface area contributed by atoms with Crippen LogP contribution < -0.4 is 16.6 Å². The molecule has 0 aliphatic rings. The first-order valence-corrected chi connectivity index (χ1v) is 6.50. The molecule has 19 heavy (non-hydrogen) atoms. The number of primary amides is 1. The molecule has 0 spiro atoms. The number of hydrogen-bond acceptors (Lipinski definition) is 4. The van der Waals surface area contributed by atoms with Crippen LogP contribution in [0, 0.1) is 0 Å². The fraction of sp³-hybridized carbons (Fsp3) is 0.0769. The lowest BCUT2D eigenvalue weighted by atomic mass is 10.1. The van der Waals surface area contributed by atoms with E-state index in [9.17, 15) is 9.59 Å². The SMILES string of the molecule is NC(=O)[C@@H](NNC(=O)c1cccs1)c1ccccc1. The summed E-state index contributed by atoms with van der Waals surface area (Å²) in [6.45, 7) is 0. The maximum absolute atomic E-state index is 11.7. The van der Waals surface area contributed by atoms with E-state index in [2.05, 4.69) is 10.9 Å². The quantitative estimate of drug-likeness (QED) is 0.717. The fourth-order valence-corrected chi connectivity index (χ4v) is 2.19. The monoisotopic (exact) mass is 275 g/mol. The molecule has 0 bridgehead atoms. The van der Waals surface area contributed by atoms with Crippen LogP contribution in [0.25, 0.3) is 0 Å². The van der Waals surface area contributed by atoms with Crippen molar-refractivity contribution in [2.24, 2.45) is 5.73 Å². The van der Waals surface area contributed by atoms with Gasteiger partial charge in [-0.25, -0.2) is 5.43 Å². The molecule has 0 saturated carbocycles. The van der Waals surface area contributed by atoms with Crippen LogP contribution in [-0.2, 0) is 4.79 Å². The van der Waals surface area contributed by atoms with Crippen molar-refractivity contribution in [2.75, 3.05) is 0 Å². The van der Waals surface area contributed by atoms with E-state index >= 15 is 0 Å². The second-order valence-corrected chi connectivity index (χ2v) is 4.77. The third-order valence-electron chi connectivity index (χ3n) is 2.49. The van der Waals surface area contributed by atoms with Crippen molar-refractivity contribution in [1.82, 2.24) is 10.9 Å². The Bertz CT molecular complexity index is 555. The van der Waals surface area contributed by atoms with Crippen molar-refractivity contribution in [3.8, 4) is 0 Å². The van der Waals surface area contributed by atoms with E-state index in [4.69, 9.17) is 5.73 Å². The summed E-state index contributed by atoms with van der Waals surface area (Å²) in [6, 6.07) is 11.7. The average Bonchev–Trinajstić information content (AvgIpc) is 2.93. The lowest BCUT2D eigenvalue weighted by molar-refractivity contribution is -0.120. The topological polar surface area (TPSA) is 84.2 Å². The lowest BCUT2D eigenvalue weighted by Crippen LogP contribution is -2.44. The number of hydrogen-bond donors (Lipinski definition) is 3. The molecule has 1 aromatic heterocycles. The van der Waals surface area contributed by atoms with Gasteiger partial charge in [-0.1, -0.05) is 36.4 Å². The van der Waals surface area contributed by atoms with Gasteiger partial charge in [0.1, 0.15) is 6.04 Å². The normalized spacial score (nSPS) is 11.8. The molecule has 98 valence electrons. The van der Waals surface area contributed by atoms with Gasteiger partial charge in [-0.2, -0.15) is 0 Å². The Kier molecular flexibility index (Phi) is 4.27. The Labute approximate surface area is 114 Å². The van der Waals surface area contributed by atoms with E-state index in [0.717, 1.165) is 0 Å². The smallest absolute Gasteiger partial charge is 0.275 e. The molecule has 0 radical (unpaired) electrons. The Morgan fingerprint density at radius 2 is 1.84 bits per heavy atom. The second kappa shape index (κ2) is 6.12. The molecule has 0 aliphatic heterocycles. The van der Waals surface area contributed by atoms with Crippen molar-refractivity contribution in [2.45, 2.75) is 6.04 Å². The molecule has 0 saturated heterocycles. The zero-order chi connectivity index (χ0) is 13.7. The van der Waals surface area contributed by atoms with E-state index < -0.39 is 11.9 Å². The zero-order valence-corrected chi connectivity index (χ0v) is 10.8. The van der Waals surface area contributed by atoms with Gasteiger partial charge in [-0.3, -0.25) is 15.0 Å². The molecular formula is C13H13N3O2S. The zero-order valence-electron chi connectivity index (χ0n) is 10.00. The van der Waals surface area contributed by atoms with Crippen LogP contribution in [0.4, 0.5) is 0 Å². The Balaban J connectivity index is 2.03. The summed E-state index contributed by atoms with van der Waals surface area (Å²) >= 11 is 1.32. The van der Waals surface area contributed by atoms with Crippen molar-refractivity contribution in [3.05, 3.63) is 58.3 Å². The van der Waals surface area contributed by atoms with E-state index in [0.29, 0.717) is 10.4 Å². The number of benzene rings is 1. The maximum atomic E-state index is 11.7. The number of carbonyl (C=O) groups excluding carboxylic acids is 2. The molecule has 6 heteroatoms. The van der Waals surface area contributed by atoms with Crippen LogP contribution in [-0.4, -0.2) is 11.8 Å². The lowest BCUT2D eigenvalue weighted by Gasteiger charge is -2.16. The molecule has 2 amide bonds. The first kappa shape index (κ1) is 13.3. The first-order chi connectivity index (χ1) is 9.18. The standard InChI is InChI=1S/C13H13N3O2S/c14-12(17)11(9-5-2-1-3-6-9)15-16-13(18)10-7-4-8-19-10/h1-8,11,15H,(H2,14,17)(H,16,18)/t11-/m0/s1. The largest absolute Gasteiger partial charge is 0.368 e. The van der Waals surface area contributed by atoms with E-state index in [-0.39, 0.29) is 5.91 Å². The minimum Gasteiger partial charge on any atom is -0.368 e. The molecule has 1 atom stereocenters. The highest BCUT2D eigenvalue weighted by molar-refractivity contribution is 7.12. The van der Waals surface area contributed by atoms with Crippen LogP contribution >= 0.6 is 11.3 Å². The van der Waals surface area contributed by atoms with Gasteiger partial charge in [0.15, 0.2) is 0 Å². The Morgan fingerprint density at radius 3 is 2.42 bits per heavy atom. The van der Waals surface area contributed by atoms with Crippen LogP contribution in [0.3, 0.4) is 0 Å². The number of rotatable bonds is 5. The third-order valence-corrected chi connectivity index (χ3v) is 3.36. The highest BCUT2D eigenvalue weighted by Gasteiger charge is 2.18. The minimum absolute atomic E-state index is 0.294. The van der Waals surface area contributed by atoms with Gasteiger partial charge in [0.05, 0.1) is 4.88 Å². The van der Waals surface area contributed by atoms with Crippen molar-refractivity contribution >= 4 is 23.2 Å². The summed E-state index contributed by atoms with van der Waals surface area (Å²) in [5.74, 6) is -0.852. The van der Waals surface area contributed by atoms with Crippen molar-refractivity contribution < 1.29 is 9.59 Å². The van der Waals surface area contributed by atoms with E-state index in [1.54, 1.807) is 41.8 Å². The number of nitrogens with one attached hydrogen (secondary N) is 2. The predicted molar refractivity (Wildman–Crippen MR) is 73.3 cm³/mol. The van der Waals surface area contributed by atoms with Gasteiger partial charge in [0.2, 0.25) is 5.91 Å². The molecule has 1 heterocycles. The third kappa shape index (κ3) is 3.40. The van der Waals surface area contributed by atoms with Gasteiger partial charge < -0.3 is 5.73 Å². The summed E-state index contributed by atoms with van der Waals surface area (Å²) in [6.07, 6.45) is 0. The van der Waals surface area contributed by atoms with Crippen molar-refractivity contribution in [3.63, 3.8) is 0 Å². The number of nitrogens with two attached hydrogens (primary N) is 1. The van der Waals surface area contributed by atoms with Crippen LogP contribution in [0.15, 0.2) is 47.8 Å². The Morgan fingerprint density at radius 1 is 1.11 bits per heavy atom. The van der Waals surface area contributed by atoms with E-state index in [1.807, 2.05) is 6.07 Å². The summed E-state index contributed by atoms with van der Waals surface area (Å²) in [5.41, 5.74) is 11.2. The summed E-state index contributed by atoms with van der Waals surface area (Å²) in [7, 11) is 0. The maximum Gasteiger partial charge on any atom is 0.275 e. The molecule has 4 N–H and O–H groups in total. The molecule has 0 fully saturated rings. The molecule has 5 nitrogen and oxygen atoms in total. The average molecular weight is 275 g/mol. The molecule has 1 aromatic carbocycles. The molecular weight excluding hydrogens is 262 g/mol. The van der Waals surface area contributed by atoms with Crippen LogP contribution in [0.2, 0.25) is 0 Å². The fourth-order valence-electron chi connectivity index (χ4n) is 1.57. The number of amides is 2. The molecule has 2 rings (SSSR count). The summed E-state index contributed by atoms with van der Waals surface area (Å²) in [5, 5.41) is 1.80. The highest BCUT2D eigenvalue weighted by Crippen LogP contribution is 2.11. The number of carbonyl (C=O) groups is 2.